The van der Waals surface area contributed by atoms with Gasteiger partial charge in [-0.1, -0.05) is 11.3 Å². The van der Waals surface area contributed by atoms with E-state index in [1.54, 1.807) is 7.11 Å². The van der Waals surface area contributed by atoms with Crippen LogP contribution in [0.4, 0.5) is 5.13 Å². The van der Waals surface area contributed by atoms with E-state index in [0.29, 0.717) is 5.13 Å². The predicted octanol–water partition coefficient (Wildman–Crippen LogP) is 2.75. The smallest absolute Gasteiger partial charge is 0.245 e. The van der Waals surface area contributed by atoms with E-state index in [-0.39, 0.29) is 24.0 Å². The maximum absolute atomic E-state index is 13.3. The minimum absolute atomic E-state index is 0.182. The molecular formula is C18H18N2O4S. The summed E-state index contributed by atoms with van der Waals surface area (Å²) in [5, 5.41) is 0.439. The van der Waals surface area contributed by atoms with Crippen molar-refractivity contribution in [1.29, 1.82) is 0 Å². The summed E-state index contributed by atoms with van der Waals surface area (Å²) in [6.45, 7) is 3.76. The molecule has 0 N–H and O–H groups in total. The van der Waals surface area contributed by atoms with E-state index in [9.17, 15) is 9.59 Å². The number of rotatable bonds is 2. The molecule has 1 aromatic heterocycles. The number of carbonyl (C=O) groups is 2. The molecule has 6 nitrogen and oxygen atoms in total. The minimum Gasteiger partial charge on any atom is -0.497 e. The van der Waals surface area contributed by atoms with Crippen molar-refractivity contribution in [1.82, 2.24) is 4.98 Å². The third kappa shape index (κ3) is 1.57. The van der Waals surface area contributed by atoms with Gasteiger partial charge >= 0.3 is 0 Å². The molecule has 2 amide bonds. The molecule has 3 aliphatic rings. The number of amides is 2. The number of ether oxygens (including phenoxy) is 2. The summed E-state index contributed by atoms with van der Waals surface area (Å²) >= 11 is 1.34. The molecule has 25 heavy (non-hydrogen) atoms. The number of benzene rings is 1. The van der Waals surface area contributed by atoms with Crippen LogP contribution in [0.25, 0.3) is 10.2 Å². The Kier molecular flexibility index (Phi) is 2.81. The number of methoxy groups -OCH3 is 1. The van der Waals surface area contributed by atoms with Gasteiger partial charge < -0.3 is 9.47 Å². The molecule has 3 aliphatic heterocycles. The van der Waals surface area contributed by atoms with Crippen LogP contribution in [-0.2, 0) is 14.3 Å². The zero-order chi connectivity index (χ0) is 17.6. The predicted molar refractivity (Wildman–Crippen MR) is 92.8 cm³/mol. The van der Waals surface area contributed by atoms with Gasteiger partial charge in [-0.2, -0.15) is 0 Å². The van der Waals surface area contributed by atoms with Gasteiger partial charge in [0.2, 0.25) is 11.8 Å². The minimum atomic E-state index is -0.803. The van der Waals surface area contributed by atoms with Gasteiger partial charge in [0.15, 0.2) is 5.13 Å². The Morgan fingerprint density at radius 2 is 1.84 bits per heavy atom. The van der Waals surface area contributed by atoms with Gasteiger partial charge in [0.05, 0.1) is 40.4 Å². The van der Waals surface area contributed by atoms with Crippen molar-refractivity contribution in [3.8, 4) is 5.75 Å². The van der Waals surface area contributed by atoms with E-state index in [1.165, 1.54) is 16.2 Å². The Balaban J connectivity index is 1.64. The first-order chi connectivity index (χ1) is 11.9. The van der Waals surface area contributed by atoms with E-state index < -0.39 is 10.8 Å². The lowest BCUT2D eigenvalue weighted by Gasteiger charge is -2.36. The number of aromatic nitrogens is 1. The molecule has 130 valence electrons. The van der Waals surface area contributed by atoms with Crippen LogP contribution < -0.4 is 9.64 Å². The van der Waals surface area contributed by atoms with Crippen LogP contribution in [0.15, 0.2) is 18.2 Å². The van der Waals surface area contributed by atoms with Gasteiger partial charge in [-0.05, 0) is 44.9 Å². The highest BCUT2D eigenvalue weighted by Crippen LogP contribution is 2.64. The van der Waals surface area contributed by atoms with E-state index >= 15 is 0 Å². The van der Waals surface area contributed by atoms with Crippen molar-refractivity contribution in [3.63, 3.8) is 0 Å². The monoisotopic (exact) mass is 358 g/mol. The summed E-state index contributed by atoms with van der Waals surface area (Å²) < 4.78 is 12.1. The normalized spacial score (nSPS) is 36.5. The zero-order valence-corrected chi connectivity index (χ0v) is 15.1. The van der Waals surface area contributed by atoms with Crippen molar-refractivity contribution >= 4 is 38.5 Å². The Morgan fingerprint density at radius 3 is 2.44 bits per heavy atom. The molecule has 0 spiro atoms. The topological polar surface area (TPSA) is 68.7 Å². The number of hydrogen-bond donors (Lipinski definition) is 0. The van der Waals surface area contributed by atoms with Crippen LogP contribution in [-0.4, -0.2) is 36.1 Å². The molecule has 2 bridgehead atoms. The van der Waals surface area contributed by atoms with E-state index in [4.69, 9.17) is 9.47 Å². The van der Waals surface area contributed by atoms with Crippen LogP contribution in [0.5, 0.6) is 5.75 Å². The molecule has 7 heteroatoms. The van der Waals surface area contributed by atoms with Crippen LogP contribution in [0.3, 0.4) is 0 Å². The zero-order valence-electron chi connectivity index (χ0n) is 14.2. The van der Waals surface area contributed by atoms with E-state index in [2.05, 4.69) is 4.98 Å². The standard InChI is InChI=1S/C18H18N2O4S/c1-17-12-6-7-13(24-12)18(17,2)15(22)20(14(17)21)16-19-10-5-4-9(23-3)8-11(10)25-16/h4-5,8,12-13H,6-7H2,1-3H3/t12-,13+,17+,18?/m0/s1. The molecule has 3 fully saturated rings. The van der Waals surface area contributed by atoms with Gasteiger partial charge in [-0.3, -0.25) is 9.59 Å². The third-order valence-corrected chi connectivity index (χ3v) is 7.46. The maximum atomic E-state index is 13.3. The summed E-state index contributed by atoms with van der Waals surface area (Å²) in [4.78, 5) is 32.4. The fraction of sp³-hybridized carbons (Fsp3) is 0.500. The van der Waals surface area contributed by atoms with Gasteiger partial charge in [0.25, 0.3) is 0 Å². The van der Waals surface area contributed by atoms with Crippen LogP contribution in [0.2, 0.25) is 0 Å². The van der Waals surface area contributed by atoms with Crippen LogP contribution in [0, 0.1) is 10.8 Å². The van der Waals surface area contributed by atoms with Crippen molar-refractivity contribution in [3.05, 3.63) is 18.2 Å². The van der Waals surface area contributed by atoms with Crippen molar-refractivity contribution in [2.24, 2.45) is 10.8 Å². The summed E-state index contributed by atoms with van der Waals surface area (Å²) in [5.41, 5.74) is -0.849. The second kappa shape index (κ2) is 4.59. The number of thiazole rings is 1. The highest BCUT2D eigenvalue weighted by atomic mass is 32.1. The second-order valence-electron chi connectivity index (χ2n) is 7.37. The lowest BCUT2D eigenvalue weighted by atomic mass is 9.59. The van der Waals surface area contributed by atoms with Crippen molar-refractivity contribution in [2.45, 2.75) is 38.9 Å². The summed E-state index contributed by atoms with van der Waals surface area (Å²) in [7, 11) is 1.61. The summed E-state index contributed by atoms with van der Waals surface area (Å²) in [6, 6.07) is 5.54. The Hall–Kier alpha value is -1.99. The molecule has 2 aromatic rings. The first kappa shape index (κ1) is 15.3. The van der Waals surface area contributed by atoms with Gasteiger partial charge in [0, 0.05) is 0 Å². The number of imide groups is 1. The molecule has 1 aromatic carbocycles. The number of anilines is 1. The highest BCUT2D eigenvalue weighted by molar-refractivity contribution is 7.22. The van der Waals surface area contributed by atoms with Crippen molar-refractivity contribution in [2.75, 3.05) is 12.0 Å². The largest absolute Gasteiger partial charge is 0.497 e. The van der Waals surface area contributed by atoms with Gasteiger partial charge in [-0.15, -0.1) is 0 Å². The molecule has 0 saturated carbocycles. The fourth-order valence-electron chi connectivity index (χ4n) is 4.72. The molecular weight excluding hydrogens is 340 g/mol. The lowest BCUT2D eigenvalue weighted by molar-refractivity contribution is -0.132. The lowest BCUT2D eigenvalue weighted by Crippen LogP contribution is -2.48. The molecule has 4 heterocycles. The average molecular weight is 358 g/mol. The molecule has 0 aliphatic carbocycles. The quantitative estimate of drug-likeness (QED) is 0.772. The highest BCUT2D eigenvalue weighted by Gasteiger charge is 2.77. The van der Waals surface area contributed by atoms with Crippen LogP contribution in [0.1, 0.15) is 26.7 Å². The molecule has 1 unspecified atom stereocenters. The first-order valence-electron chi connectivity index (χ1n) is 8.40. The average Bonchev–Trinajstić information content (AvgIpc) is 3.32. The molecule has 0 radical (unpaired) electrons. The number of hydrogen-bond acceptors (Lipinski definition) is 6. The van der Waals surface area contributed by atoms with E-state index in [1.807, 2.05) is 32.0 Å². The third-order valence-electron chi connectivity index (χ3n) is 6.46. The van der Waals surface area contributed by atoms with Gasteiger partial charge in [-0.25, -0.2) is 9.88 Å². The SMILES string of the molecule is COc1ccc2nc(N3C(=O)C4(C)[C@H]5CC[C@H](O5)[C@]4(C)C3=O)sc2c1. The first-order valence-corrected chi connectivity index (χ1v) is 9.22. The maximum Gasteiger partial charge on any atom is 0.245 e. The number of fused-ring (bicyclic) bond motifs is 6. The van der Waals surface area contributed by atoms with Crippen molar-refractivity contribution < 1.29 is 19.1 Å². The number of carbonyl (C=O) groups excluding carboxylic acids is 2. The summed E-state index contributed by atoms with van der Waals surface area (Å²) in [6.07, 6.45) is 1.30. The second-order valence-corrected chi connectivity index (χ2v) is 8.38. The van der Waals surface area contributed by atoms with Gasteiger partial charge in [0.1, 0.15) is 5.75 Å². The Bertz CT molecular complexity index is 906. The fourth-order valence-corrected chi connectivity index (χ4v) is 5.71. The van der Waals surface area contributed by atoms with Crippen LogP contribution >= 0.6 is 11.3 Å². The Morgan fingerprint density at radius 1 is 1.20 bits per heavy atom. The molecule has 4 atom stereocenters. The Labute approximate surface area is 148 Å². The molecule has 5 rings (SSSR count). The number of nitrogens with zero attached hydrogens (tertiary/aromatic N) is 2. The summed E-state index contributed by atoms with van der Waals surface area (Å²) in [5.74, 6) is 0.362. The van der Waals surface area contributed by atoms with E-state index in [0.717, 1.165) is 28.8 Å². The molecule has 3 saturated heterocycles.